The molecule has 0 saturated heterocycles. The summed E-state index contributed by atoms with van der Waals surface area (Å²) in [6.07, 6.45) is -2.16. The van der Waals surface area contributed by atoms with Gasteiger partial charge >= 0.3 is 6.18 Å². The minimum absolute atomic E-state index is 0.00953. The molecule has 226 valence electrons. The lowest BCUT2D eigenvalue weighted by Crippen LogP contribution is -2.53. The summed E-state index contributed by atoms with van der Waals surface area (Å²) in [4.78, 5) is 29.0. The van der Waals surface area contributed by atoms with Crippen molar-refractivity contribution in [3.63, 3.8) is 0 Å². The average molecular weight is 604 g/mol. The topological polar surface area (TPSA) is 86.8 Å². The average Bonchev–Trinajstić information content (AvgIpc) is 2.94. The minimum Gasteiger partial charge on any atom is -0.354 e. The number of halogens is 3. The van der Waals surface area contributed by atoms with Crippen LogP contribution in [0.2, 0.25) is 0 Å². The van der Waals surface area contributed by atoms with Crippen LogP contribution in [0.15, 0.2) is 78.9 Å². The number of nitrogens with zero attached hydrogens (tertiary/aromatic N) is 2. The first-order valence-corrected chi connectivity index (χ1v) is 15.5. The maximum absolute atomic E-state index is 14.1. The van der Waals surface area contributed by atoms with Gasteiger partial charge in [0.2, 0.25) is 21.8 Å². The van der Waals surface area contributed by atoms with Crippen molar-refractivity contribution >= 4 is 27.5 Å². The van der Waals surface area contributed by atoms with Gasteiger partial charge in [0.05, 0.1) is 17.5 Å². The monoisotopic (exact) mass is 603 g/mol. The fraction of sp³-hybridized carbons (Fsp3) is 0.355. The Morgan fingerprint density at radius 2 is 1.62 bits per heavy atom. The Morgan fingerprint density at radius 3 is 2.24 bits per heavy atom. The summed E-state index contributed by atoms with van der Waals surface area (Å²) in [7, 11) is -4.19. The number of nitrogens with one attached hydrogen (secondary N) is 1. The molecule has 1 atom stereocenters. The fourth-order valence-corrected chi connectivity index (χ4v) is 5.32. The maximum atomic E-state index is 14.1. The van der Waals surface area contributed by atoms with Crippen molar-refractivity contribution in [2.45, 2.75) is 51.9 Å². The van der Waals surface area contributed by atoms with E-state index < -0.39 is 46.2 Å². The summed E-state index contributed by atoms with van der Waals surface area (Å²) in [6, 6.07) is 19.2. The van der Waals surface area contributed by atoms with Crippen LogP contribution in [0.3, 0.4) is 0 Å². The lowest BCUT2D eigenvalue weighted by Gasteiger charge is -2.34. The van der Waals surface area contributed by atoms with E-state index in [0.717, 1.165) is 47.9 Å². The third kappa shape index (κ3) is 9.07. The minimum atomic E-state index is -4.71. The van der Waals surface area contributed by atoms with Crippen molar-refractivity contribution < 1.29 is 31.2 Å². The Bertz CT molecular complexity index is 1460. The Balaban J connectivity index is 2.07. The molecule has 0 bridgehead atoms. The zero-order valence-electron chi connectivity index (χ0n) is 23.9. The van der Waals surface area contributed by atoms with Crippen molar-refractivity contribution in [3.05, 3.63) is 101 Å². The molecule has 0 saturated carbocycles. The molecule has 0 aromatic heterocycles. The van der Waals surface area contributed by atoms with Crippen molar-refractivity contribution in [2.75, 3.05) is 23.7 Å². The zero-order valence-corrected chi connectivity index (χ0v) is 24.7. The number of unbranched alkanes of at least 4 members (excludes halogenated alkanes) is 1. The van der Waals surface area contributed by atoms with E-state index in [1.165, 1.54) is 11.0 Å². The quantitative estimate of drug-likeness (QED) is 0.268. The summed E-state index contributed by atoms with van der Waals surface area (Å²) in [5.74, 6) is -1.13. The largest absolute Gasteiger partial charge is 0.416 e. The lowest BCUT2D eigenvalue weighted by molar-refractivity contribution is -0.140. The van der Waals surface area contributed by atoms with E-state index in [0.29, 0.717) is 16.9 Å². The number of carbonyl (C=O) groups is 2. The van der Waals surface area contributed by atoms with E-state index in [9.17, 15) is 31.2 Å². The molecule has 0 aliphatic heterocycles. The Morgan fingerprint density at radius 1 is 0.952 bits per heavy atom. The van der Waals surface area contributed by atoms with Gasteiger partial charge in [-0.25, -0.2) is 8.42 Å². The van der Waals surface area contributed by atoms with Crippen molar-refractivity contribution in [3.8, 4) is 0 Å². The van der Waals surface area contributed by atoms with E-state index in [-0.39, 0.29) is 18.7 Å². The molecule has 3 aromatic rings. The molecule has 0 radical (unpaired) electrons. The van der Waals surface area contributed by atoms with Gasteiger partial charge in [0.25, 0.3) is 0 Å². The van der Waals surface area contributed by atoms with Gasteiger partial charge in [-0.1, -0.05) is 74.0 Å². The standard InChI is InChI=1S/C31H36F3N3O4S/c1-4-5-18-35-30(39)28(19-24-13-7-6-8-14-24)36(21-25-15-10-9-12-23(25)2)29(38)22-37(42(3,40)41)27-17-11-16-26(20-27)31(32,33)34/h6-17,20,28H,4-5,18-19,21-22H2,1-3H3,(H,35,39)/t28-/m1/s1. The van der Waals surface area contributed by atoms with Crippen LogP contribution < -0.4 is 9.62 Å². The number of amides is 2. The van der Waals surface area contributed by atoms with E-state index in [4.69, 9.17) is 0 Å². The third-order valence-corrected chi connectivity index (χ3v) is 7.98. The van der Waals surface area contributed by atoms with Crippen LogP contribution in [0.4, 0.5) is 18.9 Å². The summed E-state index contributed by atoms with van der Waals surface area (Å²) < 4.78 is 66.6. The Hall–Kier alpha value is -3.86. The number of aryl methyl sites for hydroxylation is 1. The van der Waals surface area contributed by atoms with Gasteiger partial charge in [0.15, 0.2) is 0 Å². The van der Waals surface area contributed by atoms with Gasteiger partial charge < -0.3 is 10.2 Å². The van der Waals surface area contributed by atoms with Crippen molar-refractivity contribution in [2.24, 2.45) is 0 Å². The second-order valence-corrected chi connectivity index (χ2v) is 12.0. The molecule has 1 N–H and O–H groups in total. The van der Waals surface area contributed by atoms with Crippen LogP contribution in [0.25, 0.3) is 0 Å². The first-order valence-electron chi connectivity index (χ1n) is 13.6. The molecule has 3 aromatic carbocycles. The van der Waals surface area contributed by atoms with Crippen molar-refractivity contribution in [1.82, 2.24) is 10.2 Å². The number of alkyl halides is 3. The molecule has 7 nitrogen and oxygen atoms in total. The smallest absolute Gasteiger partial charge is 0.354 e. The summed E-state index contributed by atoms with van der Waals surface area (Å²) in [6.45, 7) is 3.43. The lowest BCUT2D eigenvalue weighted by atomic mass is 10.0. The highest BCUT2D eigenvalue weighted by Gasteiger charge is 2.35. The molecule has 0 fully saturated rings. The molecule has 3 rings (SSSR count). The van der Waals surface area contributed by atoms with Gasteiger partial charge in [-0.3, -0.25) is 13.9 Å². The van der Waals surface area contributed by atoms with Gasteiger partial charge in [0, 0.05) is 19.5 Å². The van der Waals surface area contributed by atoms with E-state index in [2.05, 4.69) is 5.32 Å². The molecular formula is C31H36F3N3O4S. The van der Waals surface area contributed by atoms with Crippen LogP contribution >= 0.6 is 0 Å². The van der Waals surface area contributed by atoms with Crippen LogP contribution in [0.5, 0.6) is 0 Å². The van der Waals surface area contributed by atoms with Crippen LogP contribution in [0, 0.1) is 6.92 Å². The second kappa shape index (κ2) is 14.4. The molecule has 0 spiro atoms. The highest BCUT2D eigenvalue weighted by molar-refractivity contribution is 7.92. The molecule has 0 aliphatic carbocycles. The Labute approximate surface area is 245 Å². The number of rotatable bonds is 13. The molecule has 0 unspecified atom stereocenters. The van der Waals surface area contributed by atoms with Crippen LogP contribution in [0.1, 0.15) is 42.0 Å². The van der Waals surface area contributed by atoms with E-state index in [1.54, 1.807) is 6.07 Å². The highest BCUT2D eigenvalue weighted by atomic mass is 32.2. The summed E-state index contributed by atoms with van der Waals surface area (Å²) in [5.41, 5.74) is 1.04. The number of hydrogen-bond donors (Lipinski definition) is 1. The highest BCUT2D eigenvalue weighted by Crippen LogP contribution is 2.32. The predicted octanol–water partition coefficient (Wildman–Crippen LogP) is 5.34. The second-order valence-electron chi connectivity index (χ2n) is 10.1. The molecular weight excluding hydrogens is 567 g/mol. The first-order chi connectivity index (χ1) is 19.8. The maximum Gasteiger partial charge on any atom is 0.416 e. The number of carbonyl (C=O) groups excluding carboxylic acids is 2. The summed E-state index contributed by atoms with van der Waals surface area (Å²) >= 11 is 0. The normalized spacial score (nSPS) is 12.4. The summed E-state index contributed by atoms with van der Waals surface area (Å²) in [5, 5.41) is 2.89. The van der Waals surface area contributed by atoms with Gasteiger partial charge in [0.1, 0.15) is 12.6 Å². The van der Waals surface area contributed by atoms with E-state index in [1.807, 2.05) is 62.4 Å². The van der Waals surface area contributed by atoms with Gasteiger partial charge in [-0.15, -0.1) is 0 Å². The van der Waals surface area contributed by atoms with E-state index >= 15 is 0 Å². The SMILES string of the molecule is CCCCNC(=O)[C@@H](Cc1ccccc1)N(Cc1ccccc1C)C(=O)CN(c1cccc(C(F)(F)F)c1)S(C)(=O)=O. The third-order valence-electron chi connectivity index (χ3n) is 6.84. The fourth-order valence-electron chi connectivity index (χ4n) is 4.48. The van der Waals surface area contributed by atoms with Gasteiger partial charge in [-0.2, -0.15) is 13.2 Å². The van der Waals surface area contributed by atoms with Crippen LogP contribution in [-0.4, -0.2) is 50.5 Å². The molecule has 42 heavy (non-hydrogen) atoms. The molecule has 11 heteroatoms. The van der Waals surface area contributed by atoms with Gasteiger partial charge in [-0.05, 0) is 48.2 Å². The predicted molar refractivity (Wildman–Crippen MR) is 157 cm³/mol. The number of hydrogen-bond acceptors (Lipinski definition) is 4. The molecule has 2 amide bonds. The number of sulfonamides is 1. The Kier molecular flexibility index (Phi) is 11.2. The number of benzene rings is 3. The van der Waals surface area contributed by atoms with Crippen molar-refractivity contribution in [1.29, 1.82) is 0 Å². The molecule has 0 heterocycles. The zero-order chi connectivity index (χ0) is 30.9. The molecule has 0 aliphatic rings. The first kappa shape index (κ1) is 32.7. The van der Waals surface area contributed by atoms with Crippen LogP contribution in [-0.2, 0) is 38.8 Å². The number of anilines is 1.